The lowest BCUT2D eigenvalue weighted by atomic mass is 9.90. The topological polar surface area (TPSA) is 102 Å². The molecule has 0 fully saturated rings. The molecule has 2 aromatic rings. The molecule has 0 bridgehead atoms. The molecule has 1 heterocycles. The van der Waals surface area contributed by atoms with Gasteiger partial charge in [-0.3, -0.25) is 9.59 Å². The van der Waals surface area contributed by atoms with E-state index in [9.17, 15) is 14.9 Å². The Balaban J connectivity index is 1.86. The van der Waals surface area contributed by atoms with Crippen LogP contribution in [0.3, 0.4) is 0 Å². The van der Waals surface area contributed by atoms with Crippen molar-refractivity contribution in [3.63, 3.8) is 0 Å². The molecule has 8 heteroatoms. The van der Waals surface area contributed by atoms with Gasteiger partial charge in [0.2, 0.25) is 0 Å². The summed E-state index contributed by atoms with van der Waals surface area (Å²) >= 11 is 0. The summed E-state index contributed by atoms with van der Waals surface area (Å²) in [4.78, 5) is 25.9. The average molecular weight is 424 g/mol. The number of carbonyl (C=O) groups excluding carboxylic acids is 2. The molecule has 3 rings (SSSR count). The van der Waals surface area contributed by atoms with E-state index in [0.29, 0.717) is 29.3 Å². The number of esters is 1. The predicted octanol–water partition coefficient (Wildman–Crippen LogP) is 1.26. The number of rotatable bonds is 7. The van der Waals surface area contributed by atoms with Gasteiger partial charge in [-0.25, -0.2) is 0 Å². The fourth-order valence-electron chi connectivity index (χ4n) is 3.97. The molecule has 1 unspecified atom stereocenters. The molecule has 2 atom stereocenters. The van der Waals surface area contributed by atoms with E-state index in [1.807, 2.05) is 12.1 Å². The average Bonchev–Trinajstić information content (AvgIpc) is 2.79. The minimum absolute atomic E-state index is 0.135. The maximum atomic E-state index is 12.8. The number of para-hydroxylation sites is 1. The molecule has 0 saturated carbocycles. The maximum Gasteiger partial charge on any atom is 0.311 e. The highest BCUT2D eigenvalue weighted by Gasteiger charge is 2.35. The van der Waals surface area contributed by atoms with Gasteiger partial charge < -0.3 is 24.4 Å². The van der Waals surface area contributed by atoms with Crippen LogP contribution in [-0.2, 0) is 20.7 Å². The molecule has 8 nitrogen and oxygen atoms in total. The van der Waals surface area contributed by atoms with Gasteiger partial charge in [0.05, 0.1) is 39.1 Å². The zero-order valence-electron chi connectivity index (χ0n) is 17.9. The number of quaternary nitrogens is 1. The number of benzene rings is 2. The van der Waals surface area contributed by atoms with Gasteiger partial charge in [-0.2, -0.15) is 5.26 Å². The summed E-state index contributed by atoms with van der Waals surface area (Å²) < 4.78 is 15.8. The maximum absolute atomic E-state index is 12.8. The summed E-state index contributed by atoms with van der Waals surface area (Å²) in [6.45, 7) is 0.812. The van der Waals surface area contributed by atoms with Gasteiger partial charge in [0.1, 0.15) is 18.5 Å². The first-order valence-electron chi connectivity index (χ1n) is 9.95. The van der Waals surface area contributed by atoms with Crippen LogP contribution in [0, 0.1) is 11.3 Å². The Labute approximate surface area is 181 Å². The molecule has 0 radical (unpaired) electrons. The molecule has 0 aromatic heterocycles. The third kappa shape index (κ3) is 4.95. The summed E-state index contributed by atoms with van der Waals surface area (Å²) in [5.74, 6) is 0.633. The van der Waals surface area contributed by atoms with Gasteiger partial charge in [-0.1, -0.05) is 12.1 Å². The van der Waals surface area contributed by atoms with Crippen LogP contribution in [-0.4, -0.2) is 46.3 Å². The number of nitriles is 1. The summed E-state index contributed by atoms with van der Waals surface area (Å²) in [6.07, 6.45) is 0.862. The third-order valence-corrected chi connectivity index (χ3v) is 5.54. The highest BCUT2D eigenvalue weighted by Crippen LogP contribution is 2.35. The van der Waals surface area contributed by atoms with Crippen LogP contribution in [0.4, 0.5) is 5.69 Å². The molecule has 2 aromatic carbocycles. The van der Waals surface area contributed by atoms with E-state index in [1.54, 1.807) is 38.5 Å². The van der Waals surface area contributed by atoms with Crippen molar-refractivity contribution < 1.29 is 28.7 Å². The van der Waals surface area contributed by atoms with Gasteiger partial charge in [0, 0.05) is 12.0 Å². The molecule has 1 amide bonds. The van der Waals surface area contributed by atoms with Crippen LogP contribution in [0.2, 0.25) is 0 Å². The lowest BCUT2D eigenvalue weighted by Crippen LogP contribution is -3.14. The van der Waals surface area contributed by atoms with Crippen molar-refractivity contribution in [3.05, 3.63) is 53.1 Å². The van der Waals surface area contributed by atoms with Crippen molar-refractivity contribution in [2.45, 2.75) is 18.9 Å². The summed E-state index contributed by atoms with van der Waals surface area (Å²) in [5, 5.41) is 12.1. The minimum atomic E-state index is -0.347. The fraction of sp³-hybridized carbons (Fsp3) is 0.348. The summed E-state index contributed by atoms with van der Waals surface area (Å²) in [7, 11) is 4.50. The number of anilines is 1. The minimum Gasteiger partial charge on any atom is -0.493 e. The lowest BCUT2D eigenvalue weighted by molar-refractivity contribution is -0.925. The first-order chi connectivity index (χ1) is 15.0. The Bertz CT molecular complexity index is 1010. The number of amides is 1. The van der Waals surface area contributed by atoms with E-state index in [2.05, 4.69) is 11.4 Å². The van der Waals surface area contributed by atoms with Crippen molar-refractivity contribution in [2.24, 2.45) is 0 Å². The summed E-state index contributed by atoms with van der Waals surface area (Å²) in [5.41, 5.74) is 2.88. The quantitative estimate of drug-likeness (QED) is 0.649. The number of ether oxygens (including phenoxy) is 3. The Hall–Kier alpha value is -3.57. The molecule has 0 spiro atoms. The highest BCUT2D eigenvalue weighted by atomic mass is 16.5. The largest absolute Gasteiger partial charge is 0.493 e. The Morgan fingerprint density at radius 3 is 2.55 bits per heavy atom. The Morgan fingerprint density at radius 2 is 1.87 bits per heavy atom. The monoisotopic (exact) mass is 424 g/mol. The van der Waals surface area contributed by atoms with Crippen molar-refractivity contribution >= 4 is 17.6 Å². The van der Waals surface area contributed by atoms with Gasteiger partial charge in [-0.05, 0) is 29.8 Å². The van der Waals surface area contributed by atoms with Crippen LogP contribution in [0.1, 0.15) is 29.2 Å². The SMILES string of the molecule is COC(=O)C[C@@H]1c2cc(OC)c(OC)cc2CC[NH+]1CC(=O)Nc1ccccc1C#N. The molecule has 31 heavy (non-hydrogen) atoms. The van der Waals surface area contributed by atoms with E-state index in [1.165, 1.54) is 7.11 Å². The smallest absolute Gasteiger partial charge is 0.311 e. The molecule has 2 N–H and O–H groups in total. The van der Waals surface area contributed by atoms with Crippen LogP contribution < -0.4 is 19.7 Å². The van der Waals surface area contributed by atoms with Crippen molar-refractivity contribution in [1.29, 1.82) is 5.26 Å². The van der Waals surface area contributed by atoms with Crippen molar-refractivity contribution in [3.8, 4) is 17.6 Å². The number of carbonyl (C=O) groups is 2. The van der Waals surface area contributed by atoms with Gasteiger partial charge in [0.25, 0.3) is 5.91 Å². The molecule has 1 aliphatic heterocycles. The van der Waals surface area contributed by atoms with E-state index >= 15 is 0 Å². The highest BCUT2D eigenvalue weighted by molar-refractivity contribution is 5.92. The van der Waals surface area contributed by atoms with Crippen LogP contribution in [0.25, 0.3) is 0 Å². The van der Waals surface area contributed by atoms with Gasteiger partial charge in [-0.15, -0.1) is 0 Å². The Kier molecular flexibility index (Phi) is 7.11. The van der Waals surface area contributed by atoms with E-state index in [-0.39, 0.29) is 30.9 Å². The third-order valence-electron chi connectivity index (χ3n) is 5.54. The molecular weight excluding hydrogens is 398 g/mol. The van der Waals surface area contributed by atoms with Crippen LogP contribution in [0.5, 0.6) is 11.5 Å². The first kappa shape index (κ1) is 22.1. The van der Waals surface area contributed by atoms with Crippen molar-refractivity contribution in [1.82, 2.24) is 0 Å². The molecule has 162 valence electrons. The molecular formula is C23H26N3O5+. The second kappa shape index (κ2) is 9.96. The predicted molar refractivity (Wildman–Crippen MR) is 113 cm³/mol. The zero-order valence-corrected chi connectivity index (χ0v) is 17.9. The van der Waals surface area contributed by atoms with Crippen LogP contribution >= 0.6 is 0 Å². The summed E-state index contributed by atoms with van der Waals surface area (Å²) in [6, 6.07) is 12.5. The van der Waals surface area contributed by atoms with E-state index in [0.717, 1.165) is 22.4 Å². The van der Waals surface area contributed by atoms with Gasteiger partial charge in [0.15, 0.2) is 18.0 Å². The number of methoxy groups -OCH3 is 3. The standard InChI is InChI=1S/C23H25N3O5/c1-29-20-10-15-8-9-26(14-22(27)25-18-7-5-4-6-16(18)13-24)19(12-23(28)31-3)17(15)11-21(20)30-2/h4-7,10-11,19H,8-9,12,14H2,1-3H3,(H,25,27)/p+1/t19-/m1/s1. The fourth-order valence-corrected chi connectivity index (χ4v) is 3.97. The Morgan fingerprint density at radius 1 is 1.16 bits per heavy atom. The number of nitrogens with zero attached hydrogens (tertiary/aromatic N) is 1. The second-order valence-electron chi connectivity index (χ2n) is 7.28. The van der Waals surface area contributed by atoms with E-state index in [4.69, 9.17) is 14.2 Å². The molecule has 1 aliphatic rings. The molecule has 0 saturated heterocycles. The number of hydrogen-bond acceptors (Lipinski definition) is 6. The van der Waals surface area contributed by atoms with Gasteiger partial charge >= 0.3 is 5.97 Å². The number of hydrogen-bond donors (Lipinski definition) is 2. The van der Waals surface area contributed by atoms with Crippen molar-refractivity contribution in [2.75, 3.05) is 39.7 Å². The molecule has 0 aliphatic carbocycles. The number of fused-ring (bicyclic) bond motifs is 1. The normalized spacial score (nSPS) is 17.1. The lowest BCUT2D eigenvalue weighted by Gasteiger charge is -2.34. The zero-order chi connectivity index (χ0) is 22.4. The van der Waals surface area contributed by atoms with E-state index < -0.39 is 0 Å². The first-order valence-corrected chi connectivity index (χ1v) is 9.95. The number of nitrogens with one attached hydrogen (secondary N) is 2. The van der Waals surface area contributed by atoms with Crippen LogP contribution in [0.15, 0.2) is 36.4 Å². The second-order valence-corrected chi connectivity index (χ2v) is 7.28.